The minimum atomic E-state index is -4.38. The smallest absolute Gasteiger partial charge is 0.351 e. The van der Waals surface area contributed by atoms with E-state index in [1.807, 2.05) is 19.1 Å². The average molecular weight is 335 g/mol. The van der Waals surface area contributed by atoms with Crippen LogP contribution in [-0.2, 0) is 11.6 Å². The van der Waals surface area contributed by atoms with Gasteiger partial charge < -0.3 is 5.32 Å². The van der Waals surface area contributed by atoms with E-state index in [1.54, 1.807) is 32.0 Å². The highest BCUT2D eigenvalue weighted by molar-refractivity contribution is 5.95. The van der Waals surface area contributed by atoms with Crippen LogP contribution in [0.25, 0.3) is 0 Å². The minimum absolute atomic E-state index is 0.229. The molecule has 0 spiro atoms. The molecular formula is C19H20F3NO. The summed E-state index contributed by atoms with van der Waals surface area (Å²) in [7, 11) is 0. The Morgan fingerprint density at radius 3 is 2.25 bits per heavy atom. The Balaban J connectivity index is 2.14. The maximum atomic E-state index is 12.9. The van der Waals surface area contributed by atoms with Crippen LogP contribution in [0.3, 0.4) is 0 Å². The van der Waals surface area contributed by atoms with Crippen LogP contribution >= 0.6 is 0 Å². The molecule has 24 heavy (non-hydrogen) atoms. The molecule has 5 heteroatoms. The number of nitrogens with one attached hydrogen (secondary N) is 1. The highest BCUT2D eigenvalue weighted by Crippen LogP contribution is 2.32. The lowest BCUT2D eigenvalue weighted by atomic mass is 9.83. The fourth-order valence-corrected chi connectivity index (χ4v) is 2.44. The number of amides is 1. The Morgan fingerprint density at radius 1 is 1.00 bits per heavy atom. The standard InChI is InChI=1S/C19H20F3NO/c1-13-7-4-5-10-16(13)17(24)23-12-18(2,3)14-8-6-9-15(11-14)19(20,21)22/h4-11H,12H2,1-3H3,(H,23,24). The van der Waals surface area contributed by atoms with E-state index in [2.05, 4.69) is 5.32 Å². The Kier molecular flexibility index (Phi) is 5.02. The number of halogens is 3. The first kappa shape index (κ1) is 18.0. The fourth-order valence-electron chi connectivity index (χ4n) is 2.44. The van der Waals surface area contributed by atoms with Gasteiger partial charge in [-0.1, -0.05) is 50.2 Å². The van der Waals surface area contributed by atoms with Crippen molar-refractivity contribution in [3.63, 3.8) is 0 Å². The highest BCUT2D eigenvalue weighted by Gasteiger charge is 2.32. The van der Waals surface area contributed by atoms with Gasteiger partial charge >= 0.3 is 6.18 Å². The van der Waals surface area contributed by atoms with E-state index in [0.29, 0.717) is 11.1 Å². The molecule has 2 nitrogen and oxygen atoms in total. The fraction of sp³-hybridized carbons (Fsp3) is 0.316. The van der Waals surface area contributed by atoms with E-state index < -0.39 is 17.2 Å². The largest absolute Gasteiger partial charge is 0.416 e. The molecule has 0 unspecified atom stereocenters. The monoisotopic (exact) mass is 335 g/mol. The van der Waals surface area contributed by atoms with Crippen LogP contribution in [0.1, 0.15) is 40.9 Å². The summed E-state index contributed by atoms with van der Waals surface area (Å²) in [5.41, 5.74) is 0.643. The van der Waals surface area contributed by atoms with Crippen molar-refractivity contribution in [1.82, 2.24) is 5.32 Å². The predicted molar refractivity (Wildman–Crippen MR) is 88.0 cm³/mol. The molecule has 0 saturated heterocycles. The molecule has 0 aromatic heterocycles. The van der Waals surface area contributed by atoms with E-state index in [9.17, 15) is 18.0 Å². The summed E-state index contributed by atoms with van der Waals surface area (Å²) in [6.07, 6.45) is -4.38. The number of benzene rings is 2. The molecule has 0 atom stereocenters. The number of alkyl halides is 3. The second kappa shape index (κ2) is 6.67. The van der Waals surface area contributed by atoms with Crippen LogP contribution in [0.4, 0.5) is 13.2 Å². The Morgan fingerprint density at radius 2 is 1.62 bits per heavy atom. The van der Waals surface area contributed by atoms with Crippen LogP contribution in [0, 0.1) is 6.92 Å². The predicted octanol–water partition coefficient (Wildman–Crippen LogP) is 4.72. The molecule has 0 bridgehead atoms. The molecule has 0 heterocycles. The molecule has 0 fully saturated rings. The number of hydrogen-bond acceptors (Lipinski definition) is 1. The second-order valence-electron chi connectivity index (χ2n) is 6.46. The van der Waals surface area contributed by atoms with Gasteiger partial charge in [0.05, 0.1) is 5.56 Å². The molecule has 0 saturated carbocycles. The maximum Gasteiger partial charge on any atom is 0.416 e. The van der Waals surface area contributed by atoms with Gasteiger partial charge in [-0.15, -0.1) is 0 Å². The van der Waals surface area contributed by atoms with Crippen LogP contribution in [-0.4, -0.2) is 12.5 Å². The Bertz CT molecular complexity index is 735. The first-order valence-corrected chi connectivity index (χ1v) is 7.63. The van der Waals surface area contributed by atoms with E-state index in [4.69, 9.17) is 0 Å². The van der Waals surface area contributed by atoms with Gasteiger partial charge in [-0.3, -0.25) is 4.79 Å². The molecule has 0 aliphatic heterocycles. The van der Waals surface area contributed by atoms with Crippen molar-refractivity contribution in [3.05, 3.63) is 70.8 Å². The normalized spacial score (nSPS) is 12.1. The van der Waals surface area contributed by atoms with Gasteiger partial charge in [0.1, 0.15) is 0 Å². The number of carbonyl (C=O) groups excluding carboxylic acids is 1. The van der Waals surface area contributed by atoms with Crippen molar-refractivity contribution in [2.45, 2.75) is 32.4 Å². The lowest BCUT2D eigenvalue weighted by Crippen LogP contribution is -2.37. The highest BCUT2D eigenvalue weighted by atomic mass is 19.4. The van der Waals surface area contributed by atoms with Crippen molar-refractivity contribution >= 4 is 5.91 Å². The molecular weight excluding hydrogens is 315 g/mol. The molecule has 128 valence electrons. The third-order valence-electron chi connectivity index (χ3n) is 4.05. The summed E-state index contributed by atoms with van der Waals surface area (Å²) in [5, 5.41) is 2.82. The molecule has 2 aromatic rings. The Hall–Kier alpha value is -2.30. The SMILES string of the molecule is Cc1ccccc1C(=O)NCC(C)(C)c1cccc(C(F)(F)F)c1. The lowest BCUT2D eigenvalue weighted by molar-refractivity contribution is -0.137. The topological polar surface area (TPSA) is 29.1 Å². The van der Waals surface area contributed by atoms with Crippen LogP contribution in [0.2, 0.25) is 0 Å². The molecule has 2 rings (SSSR count). The second-order valence-corrected chi connectivity index (χ2v) is 6.46. The molecule has 0 aliphatic carbocycles. The van der Waals surface area contributed by atoms with Crippen LogP contribution < -0.4 is 5.32 Å². The summed E-state index contributed by atoms with van der Waals surface area (Å²) in [5.74, 6) is -0.229. The number of aryl methyl sites for hydroxylation is 1. The van der Waals surface area contributed by atoms with Crippen molar-refractivity contribution in [2.75, 3.05) is 6.54 Å². The molecule has 0 aliphatic rings. The van der Waals surface area contributed by atoms with Crippen molar-refractivity contribution in [2.24, 2.45) is 0 Å². The third-order valence-corrected chi connectivity index (χ3v) is 4.05. The number of carbonyl (C=O) groups is 1. The minimum Gasteiger partial charge on any atom is -0.351 e. The first-order chi connectivity index (χ1) is 11.1. The summed E-state index contributed by atoms with van der Waals surface area (Å²) in [4.78, 5) is 12.3. The van der Waals surface area contributed by atoms with E-state index in [1.165, 1.54) is 6.07 Å². The van der Waals surface area contributed by atoms with Gasteiger partial charge in [0.25, 0.3) is 5.91 Å². The Labute approximate surface area is 139 Å². The average Bonchev–Trinajstić information content (AvgIpc) is 2.52. The van der Waals surface area contributed by atoms with Crippen molar-refractivity contribution in [1.29, 1.82) is 0 Å². The van der Waals surface area contributed by atoms with Crippen molar-refractivity contribution < 1.29 is 18.0 Å². The van der Waals surface area contributed by atoms with E-state index >= 15 is 0 Å². The summed E-state index contributed by atoms with van der Waals surface area (Å²) < 4.78 is 38.6. The van der Waals surface area contributed by atoms with Gasteiger partial charge in [-0.25, -0.2) is 0 Å². The summed E-state index contributed by atoms with van der Waals surface area (Å²) in [6, 6.07) is 12.4. The molecule has 1 N–H and O–H groups in total. The van der Waals surface area contributed by atoms with E-state index in [0.717, 1.165) is 17.7 Å². The summed E-state index contributed by atoms with van der Waals surface area (Å²) in [6.45, 7) is 5.69. The zero-order valence-electron chi connectivity index (χ0n) is 13.9. The molecule has 1 amide bonds. The zero-order chi connectivity index (χ0) is 18.0. The first-order valence-electron chi connectivity index (χ1n) is 7.63. The van der Waals surface area contributed by atoms with Crippen LogP contribution in [0.5, 0.6) is 0 Å². The quantitative estimate of drug-likeness (QED) is 0.860. The van der Waals surface area contributed by atoms with Gasteiger partial charge in [0, 0.05) is 17.5 Å². The van der Waals surface area contributed by atoms with Gasteiger partial charge in [0.15, 0.2) is 0 Å². The van der Waals surface area contributed by atoms with Crippen molar-refractivity contribution in [3.8, 4) is 0 Å². The van der Waals surface area contributed by atoms with Gasteiger partial charge in [-0.2, -0.15) is 13.2 Å². The maximum absolute atomic E-state index is 12.9. The number of rotatable bonds is 4. The molecule has 2 aromatic carbocycles. The van der Waals surface area contributed by atoms with Gasteiger partial charge in [-0.05, 0) is 30.2 Å². The summed E-state index contributed by atoms with van der Waals surface area (Å²) >= 11 is 0. The third kappa shape index (κ3) is 4.16. The number of hydrogen-bond donors (Lipinski definition) is 1. The zero-order valence-corrected chi connectivity index (χ0v) is 13.9. The van der Waals surface area contributed by atoms with Gasteiger partial charge in [0.2, 0.25) is 0 Å². The molecule has 0 radical (unpaired) electrons. The van der Waals surface area contributed by atoms with Crippen LogP contribution in [0.15, 0.2) is 48.5 Å². The van der Waals surface area contributed by atoms with E-state index in [-0.39, 0.29) is 12.5 Å². The lowest BCUT2D eigenvalue weighted by Gasteiger charge is -2.26.